The zero-order chi connectivity index (χ0) is 13.6. The molecule has 0 atom stereocenters. The molecule has 0 aliphatic rings. The second kappa shape index (κ2) is 6.18. The third kappa shape index (κ3) is 4.98. The number of anilines is 1. The van der Waals surface area contributed by atoms with Crippen LogP contribution in [0.3, 0.4) is 0 Å². The van der Waals surface area contributed by atoms with Crippen molar-refractivity contribution in [3.8, 4) is 0 Å². The van der Waals surface area contributed by atoms with Gasteiger partial charge in [-0.1, -0.05) is 0 Å². The molecular weight excluding hydrogens is 249 g/mol. The summed E-state index contributed by atoms with van der Waals surface area (Å²) in [6.45, 7) is 2.06. The number of halogens is 3. The van der Waals surface area contributed by atoms with Crippen molar-refractivity contribution >= 4 is 11.7 Å². The molecule has 1 amide bonds. The van der Waals surface area contributed by atoms with Gasteiger partial charge in [0.1, 0.15) is 5.82 Å². The lowest BCUT2D eigenvalue weighted by molar-refractivity contribution is -0.132. The van der Waals surface area contributed by atoms with Crippen molar-refractivity contribution < 1.29 is 18.0 Å². The van der Waals surface area contributed by atoms with Gasteiger partial charge in [0, 0.05) is 13.1 Å². The Morgan fingerprint density at radius 3 is 2.56 bits per heavy atom. The highest BCUT2D eigenvalue weighted by Crippen LogP contribution is 2.18. The minimum atomic E-state index is -4.28. The molecule has 1 heterocycles. The first-order valence-electron chi connectivity index (χ1n) is 5.35. The molecule has 0 aliphatic carbocycles. The quantitative estimate of drug-likeness (QED) is 0.845. The largest absolute Gasteiger partial charge is 0.390 e. The Hall–Kier alpha value is -1.86. The highest BCUT2D eigenvalue weighted by Gasteiger charge is 2.26. The maximum absolute atomic E-state index is 11.9. The van der Waals surface area contributed by atoms with Crippen LogP contribution in [0.25, 0.3) is 0 Å². The zero-order valence-corrected chi connectivity index (χ0v) is 9.71. The summed E-state index contributed by atoms with van der Waals surface area (Å²) in [4.78, 5) is 11.4. The molecule has 1 aromatic rings. The third-order valence-electron chi connectivity index (χ3n) is 1.95. The molecular formula is C10H13F3N4O. The van der Waals surface area contributed by atoms with Gasteiger partial charge >= 0.3 is 6.18 Å². The van der Waals surface area contributed by atoms with Crippen LogP contribution in [-0.4, -0.2) is 35.4 Å². The third-order valence-corrected chi connectivity index (χ3v) is 1.95. The van der Waals surface area contributed by atoms with Crippen LogP contribution in [0.15, 0.2) is 12.1 Å². The highest BCUT2D eigenvalue weighted by molar-refractivity contribution is 5.92. The summed E-state index contributed by atoms with van der Waals surface area (Å²) in [5.74, 6) is -0.167. The SMILES string of the molecule is CCNc1ccc(C(=O)NCCC(F)(F)F)nn1. The normalized spacial score (nSPS) is 11.1. The van der Waals surface area contributed by atoms with Gasteiger partial charge in [0.25, 0.3) is 5.91 Å². The lowest BCUT2D eigenvalue weighted by atomic mass is 10.3. The van der Waals surface area contributed by atoms with Gasteiger partial charge in [0.05, 0.1) is 6.42 Å². The van der Waals surface area contributed by atoms with Crippen molar-refractivity contribution in [1.82, 2.24) is 15.5 Å². The number of aromatic nitrogens is 2. The summed E-state index contributed by atoms with van der Waals surface area (Å²) in [5, 5.41) is 12.3. The minimum Gasteiger partial charge on any atom is -0.369 e. The Morgan fingerprint density at radius 1 is 1.33 bits per heavy atom. The van der Waals surface area contributed by atoms with E-state index >= 15 is 0 Å². The number of nitrogens with zero attached hydrogens (tertiary/aromatic N) is 2. The minimum absolute atomic E-state index is 0.0150. The van der Waals surface area contributed by atoms with Crippen LogP contribution in [0.4, 0.5) is 19.0 Å². The van der Waals surface area contributed by atoms with Crippen molar-refractivity contribution in [1.29, 1.82) is 0 Å². The first-order chi connectivity index (χ1) is 8.42. The van der Waals surface area contributed by atoms with Crippen LogP contribution in [0.1, 0.15) is 23.8 Å². The number of rotatable bonds is 5. The zero-order valence-electron chi connectivity index (χ0n) is 9.71. The molecule has 1 aromatic heterocycles. The Bertz CT molecular complexity index is 391. The molecule has 0 unspecified atom stereocenters. The van der Waals surface area contributed by atoms with Crippen LogP contribution >= 0.6 is 0 Å². The van der Waals surface area contributed by atoms with E-state index in [0.717, 1.165) is 0 Å². The predicted octanol–water partition coefficient (Wildman–Crippen LogP) is 1.59. The maximum Gasteiger partial charge on any atom is 0.390 e. The Labute approximate surface area is 102 Å². The van der Waals surface area contributed by atoms with E-state index in [1.54, 1.807) is 0 Å². The number of carbonyl (C=O) groups is 1. The van der Waals surface area contributed by atoms with E-state index in [4.69, 9.17) is 0 Å². The standard InChI is InChI=1S/C10H13F3N4O/c1-2-14-8-4-3-7(16-17-8)9(18)15-6-5-10(11,12)13/h3-4H,2,5-6H2,1H3,(H,14,17)(H,15,18). The molecule has 100 valence electrons. The van der Waals surface area contributed by atoms with Gasteiger partial charge in [-0.2, -0.15) is 13.2 Å². The molecule has 8 heteroatoms. The molecule has 0 saturated carbocycles. The van der Waals surface area contributed by atoms with Crippen LogP contribution in [0, 0.1) is 0 Å². The molecule has 1 rings (SSSR count). The van der Waals surface area contributed by atoms with Gasteiger partial charge in [0.2, 0.25) is 0 Å². The Balaban J connectivity index is 2.46. The molecule has 0 fully saturated rings. The van der Waals surface area contributed by atoms with Crippen molar-refractivity contribution in [2.45, 2.75) is 19.5 Å². The molecule has 0 spiro atoms. The summed E-state index contributed by atoms with van der Waals surface area (Å²) in [5.41, 5.74) is -0.0150. The van der Waals surface area contributed by atoms with Crippen LogP contribution < -0.4 is 10.6 Å². The van der Waals surface area contributed by atoms with E-state index in [1.165, 1.54) is 12.1 Å². The lowest BCUT2D eigenvalue weighted by Gasteiger charge is -2.07. The van der Waals surface area contributed by atoms with E-state index < -0.39 is 25.0 Å². The van der Waals surface area contributed by atoms with Gasteiger partial charge in [0.15, 0.2) is 5.69 Å². The van der Waals surface area contributed by atoms with Crippen molar-refractivity contribution in [2.24, 2.45) is 0 Å². The van der Waals surface area contributed by atoms with Crippen LogP contribution in [0.5, 0.6) is 0 Å². The van der Waals surface area contributed by atoms with Crippen LogP contribution in [-0.2, 0) is 0 Å². The van der Waals surface area contributed by atoms with Crippen molar-refractivity contribution in [3.63, 3.8) is 0 Å². The predicted molar refractivity (Wildman–Crippen MR) is 59.2 cm³/mol. The molecule has 0 aromatic carbocycles. The number of nitrogens with one attached hydrogen (secondary N) is 2. The Kier molecular flexibility index (Phi) is 4.87. The first kappa shape index (κ1) is 14.2. The van der Waals surface area contributed by atoms with E-state index in [9.17, 15) is 18.0 Å². The summed E-state index contributed by atoms with van der Waals surface area (Å²) < 4.78 is 35.6. The Morgan fingerprint density at radius 2 is 2.06 bits per heavy atom. The summed E-state index contributed by atoms with van der Waals surface area (Å²) in [6.07, 6.45) is -5.35. The van der Waals surface area contributed by atoms with Gasteiger partial charge in [-0.05, 0) is 19.1 Å². The second-order valence-corrected chi connectivity index (χ2v) is 3.46. The van der Waals surface area contributed by atoms with Gasteiger partial charge in [-0.15, -0.1) is 10.2 Å². The monoisotopic (exact) mass is 262 g/mol. The molecule has 0 bridgehead atoms. The molecule has 0 radical (unpaired) electrons. The maximum atomic E-state index is 11.9. The smallest absolute Gasteiger partial charge is 0.369 e. The van der Waals surface area contributed by atoms with E-state index in [1.807, 2.05) is 6.92 Å². The fourth-order valence-corrected chi connectivity index (χ4v) is 1.14. The average molecular weight is 262 g/mol. The van der Waals surface area contributed by atoms with Gasteiger partial charge in [-0.25, -0.2) is 0 Å². The molecule has 18 heavy (non-hydrogen) atoms. The fraction of sp³-hybridized carbons (Fsp3) is 0.500. The molecule has 0 saturated heterocycles. The molecule has 5 nitrogen and oxygen atoms in total. The lowest BCUT2D eigenvalue weighted by Crippen LogP contribution is -2.28. The highest BCUT2D eigenvalue weighted by atomic mass is 19.4. The van der Waals surface area contributed by atoms with E-state index in [-0.39, 0.29) is 5.69 Å². The first-order valence-corrected chi connectivity index (χ1v) is 5.35. The summed E-state index contributed by atoms with van der Waals surface area (Å²) in [7, 11) is 0. The topological polar surface area (TPSA) is 66.9 Å². The van der Waals surface area contributed by atoms with Crippen molar-refractivity contribution in [3.05, 3.63) is 17.8 Å². The average Bonchev–Trinajstić information content (AvgIpc) is 2.28. The number of hydrogen-bond donors (Lipinski definition) is 2. The second-order valence-electron chi connectivity index (χ2n) is 3.46. The van der Waals surface area contributed by atoms with E-state index in [0.29, 0.717) is 12.4 Å². The molecule has 0 aliphatic heterocycles. The number of carbonyl (C=O) groups excluding carboxylic acids is 1. The summed E-state index contributed by atoms with van der Waals surface area (Å²) >= 11 is 0. The van der Waals surface area contributed by atoms with Crippen molar-refractivity contribution in [2.75, 3.05) is 18.4 Å². The van der Waals surface area contributed by atoms with E-state index in [2.05, 4.69) is 20.8 Å². The summed E-state index contributed by atoms with van der Waals surface area (Å²) in [6, 6.07) is 2.93. The molecule has 2 N–H and O–H groups in total. The number of hydrogen-bond acceptors (Lipinski definition) is 4. The number of amides is 1. The van der Waals surface area contributed by atoms with Gasteiger partial charge in [-0.3, -0.25) is 4.79 Å². The fourth-order valence-electron chi connectivity index (χ4n) is 1.14. The number of alkyl halides is 3. The van der Waals surface area contributed by atoms with Crippen LogP contribution in [0.2, 0.25) is 0 Å². The van der Waals surface area contributed by atoms with Gasteiger partial charge < -0.3 is 10.6 Å².